The van der Waals surface area contributed by atoms with Crippen molar-refractivity contribution < 1.29 is 0 Å². The molecule has 1 aromatic heterocycles. The predicted octanol–water partition coefficient (Wildman–Crippen LogP) is 0.281. The van der Waals surface area contributed by atoms with Gasteiger partial charge in [0.15, 0.2) is 0 Å². The van der Waals surface area contributed by atoms with Gasteiger partial charge in [-0.05, 0) is 32.5 Å². The topological polar surface area (TPSA) is 66.7 Å². The zero-order valence-electron chi connectivity index (χ0n) is 7.92. The van der Waals surface area contributed by atoms with Gasteiger partial charge in [0.2, 0.25) is 0 Å². The van der Waals surface area contributed by atoms with Crippen molar-refractivity contribution in [2.24, 2.45) is 5.73 Å². The number of nitrogens with two attached hydrogens (primary N) is 1. The van der Waals surface area contributed by atoms with Gasteiger partial charge in [-0.2, -0.15) is 0 Å². The summed E-state index contributed by atoms with van der Waals surface area (Å²) in [4.78, 5) is 6.82. The zero-order chi connectivity index (χ0) is 9.36. The highest BCUT2D eigenvalue weighted by Crippen LogP contribution is 1.90. The van der Waals surface area contributed by atoms with Crippen molar-refractivity contribution in [2.45, 2.75) is 19.3 Å². The van der Waals surface area contributed by atoms with Gasteiger partial charge in [0, 0.05) is 12.6 Å². The molecule has 0 radical (unpaired) electrons. The Morgan fingerprint density at radius 3 is 2.54 bits per heavy atom. The van der Waals surface area contributed by atoms with Gasteiger partial charge in [0.25, 0.3) is 0 Å². The van der Waals surface area contributed by atoms with Crippen LogP contribution in [0.1, 0.15) is 18.5 Å². The quantitative estimate of drug-likeness (QED) is 0.615. The number of aromatic amines is 1. The molecule has 0 saturated carbocycles. The Balaban J connectivity index is 0.000000145. The molecule has 1 saturated heterocycles. The van der Waals surface area contributed by atoms with Crippen LogP contribution in [0.15, 0.2) is 12.5 Å². The van der Waals surface area contributed by atoms with E-state index in [0.29, 0.717) is 6.54 Å². The van der Waals surface area contributed by atoms with Crippen molar-refractivity contribution in [2.75, 3.05) is 19.6 Å². The van der Waals surface area contributed by atoms with Crippen LogP contribution in [0.25, 0.3) is 0 Å². The van der Waals surface area contributed by atoms with Crippen molar-refractivity contribution in [1.29, 1.82) is 0 Å². The molecule has 1 aromatic rings. The van der Waals surface area contributed by atoms with Crippen LogP contribution in [0.4, 0.5) is 0 Å². The molecule has 0 unspecified atom stereocenters. The SMILES string of the molecule is C1CCNC1.NCCc1c[nH]cn1. The third-order valence-corrected chi connectivity index (χ3v) is 1.91. The largest absolute Gasteiger partial charge is 0.351 e. The summed E-state index contributed by atoms with van der Waals surface area (Å²) in [6.45, 7) is 3.17. The van der Waals surface area contributed by atoms with E-state index in [0.717, 1.165) is 12.1 Å². The van der Waals surface area contributed by atoms with Crippen LogP contribution in [-0.2, 0) is 6.42 Å². The molecular weight excluding hydrogens is 164 g/mol. The van der Waals surface area contributed by atoms with Crippen LogP contribution in [0, 0.1) is 0 Å². The van der Waals surface area contributed by atoms with Crippen molar-refractivity contribution in [3.05, 3.63) is 18.2 Å². The second-order valence-corrected chi connectivity index (χ2v) is 3.06. The zero-order valence-corrected chi connectivity index (χ0v) is 7.92. The van der Waals surface area contributed by atoms with E-state index in [1.165, 1.54) is 25.9 Å². The minimum Gasteiger partial charge on any atom is -0.351 e. The number of nitrogens with zero attached hydrogens (tertiary/aromatic N) is 1. The Kier molecular flexibility index (Phi) is 5.20. The van der Waals surface area contributed by atoms with Crippen LogP contribution >= 0.6 is 0 Å². The summed E-state index contributed by atoms with van der Waals surface area (Å²) in [5, 5.41) is 3.22. The minimum absolute atomic E-state index is 0.671. The Bertz CT molecular complexity index is 184. The van der Waals surface area contributed by atoms with Gasteiger partial charge in [-0.3, -0.25) is 0 Å². The van der Waals surface area contributed by atoms with E-state index in [1.807, 2.05) is 6.20 Å². The molecule has 0 amide bonds. The molecule has 1 aliphatic heterocycles. The molecule has 4 heteroatoms. The molecule has 2 heterocycles. The second kappa shape index (κ2) is 6.62. The maximum atomic E-state index is 5.27. The number of rotatable bonds is 2. The first-order valence-corrected chi connectivity index (χ1v) is 4.82. The van der Waals surface area contributed by atoms with Crippen molar-refractivity contribution in [3.63, 3.8) is 0 Å². The fraction of sp³-hybridized carbons (Fsp3) is 0.667. The van der Waals surface area contributed by atoms with Gasteiger partial charge in [-0.25, -0.2) is 4.98 Å². The molecule has 0 spiro atoms. The fourth-order valence-electron chi connectivity index (χ4n) is 1.20. The number of hydrogen-bond acceptors (Lipinski definition) is 3. The van der Waals surface area contributed by atoms with Crippen molar-refractivity contribution >= 4 is 0 Å². The lowest BCUT2D eigenvalue weighted by molar-refractivity contribution is 0.857. The average Bonchev–Trinajstić information content (AvgIpc) is 2.79. The molecule has 0 atom stereocenters. The Morgan fingerprint density at radius 2 is 2.15 bits per heavy atom. The Hall–Kier alpha value is -0.870. The standard InChI is InChI=1S/C5H9N3.C4H9N/c6-2-1-5-3-7-4-8-5;1-2-4-5-3-1/h3-4H,1-2,6H2,(H,7,8);5H,1-4H2. The number of hydrogen-bond donors (Lipinski definition) is 3. The summed E-state index contributed by atoms with van der Waals surface area (Å²) in [5.41, 5.74) is 6.30. The van der Waals surface area contributed by atoms with E-state index in [-0.39, 0.29) is 0 Å². The molecule has 1 aliphatic rings. The van der Waals surface area contributed by atoms with Gasteiger partial charge in [-0.15, -0.1) is 0 Å². The van der Waals surface area contributed by atoms with Gasteiger partial charge >= 0.3 is 0 Å². The molecule has 0 bridgehead atoms. The lowest BCUT2D eigenvalue weighted by Crippen LogP contribution is -2.03. The summed E-state index contributed by atoms with van der Waals surface area (Å²) in [5.74, 6) is 0. The predicted molar refractivity (Wildman–Crippen MR) is 53.4 cm³/mol. The molecule has 0 aromatic carbocycles. The molecule has 2 rings (SSSR count). The van der Waals surface area contributed by atoms with E-state index in [9.17, 15) is 0 Å². The summed E-state index contributed by atoms with van der Waals surface area (Å²) < 4.78 is 0. The molecule has 1 fully saturated rings. The van der Waals surface area contributed by atoms with Crippen LogP contribution in [-0.4, -0.2) is 29.6 Å². The fourth-order valence-corrected chi connectivity index (χ4v) is 1.20. The van der Waals surface area contributed by atoms with E-state index in [4.69, 9.17) is 5.73 Å². The molecule has 0 aliphatic carbocycles. The van der Waals surface area contributed by atoms with E-state index < -0.39 is 0 Å². The third kappa shape index (κ3) is 4.65. The molecule has 4 nitrogen and oxygen atoms in total. The smallest absolute Gasteiger partial charge is 0.0923 e. The van der Waals surface area contributed by atoms with E-state index in [2.05, 4.69) is 15.3 Å². The third-order valence-electron chi connectivity index (χ3n) is 1.91. The van der Waals surface area contributed by atoms with E-state index >= 15 is 0 Å². The highest BCUT2D eigenvalue weighted by Gasteiger charge is 1.93. The maximum Gasteiger partial charge on any atom is 0.0923 e. The monoisotopic (exact) mass is 182 g/mol. The first-order valence-electron chi connectivity index (χ1n) is 4.82. The van der Waals surface area contributed by atoms with E-state index in [1.54, 1.807) is 6.33 Å². The highest BCUT2D eigenvalue weighted by atomic mass is 14.9. The average molecular weight is 182 g/mol. The molecule has 74 valence electrons. The number of imidazole rings is 1. The Morgan fingerprint density at radius 1 is 1.38 bits per heavy atom. The van der Waals surface area contributed by atoms with Gasteiger partial charge < -0.3 is 16.0 Å². The molecule has 13 heavy (non-hydrogen) atoms. The number of aromatic nitrogens is 2. The van der Waals surface area contributed by atoms with Crippen molar-refractivity contribution in [3.8, 4) is 0 Å². The first-order chi connectivity index (χ1) is 6.43. The summed E-state index contributed by atoms with van der Waals surface area (Å²) in [6.07, 6.45) is 7.15. The van der Waals surface area contributed by atoms with Crippen molar-refractivity contribution in [1.82, 2.24) is 15.3 Å². The summed E-state index contributed by atoms with van der Waals surface area (Å²) in [7, 11) is 0. The lowest BCUT2D eigenvalue weighted by Gasteiger charge is -1.85. The van der Waals surface area contributed by atoms with Crippen LogP contribution in [0.2, 0.25) is 0 Å². The summed E-state index contributed by atoms with van der Waals surface area (Å²) >= 11 is 0. The number of H-pyrrole nitrogens is 1. The van der Waals surface area contributed by atoms with Gasteiger partial charge in [0.05, 0.1) is 12.0 Å². The lowest BCUT2D eigenvalue weighted by atomic mass is 10.3. The molecular formula is C9H18N4. The minimum atomic E-state index is 0.671. The first kappa shape index (κ1) is 10.2. The normalized spacial score (nSPS) is 15.2. The van der Waals surface area contributed by atoms with Crippen LogP contribution in [0.3, 0.4) is 0 Å². The van der Waals surface area contributed by atoms with Crippen LogP contribution in [0.5, 0.6) is 0 Å². The van der Waals surface area contributed by atoms with Gasteiger partial charge in [-0.1, -0.05) is 0 Å². The molecule has 4 N–H and O–H groups in total. The maximum absolute atomic E-state index is 5.27. The number of nitrogens with one attached hydrogen (secondary N) is 2. The van der Waals surface area contributed by atoms with Crippen LogP contribution < -0.4 is 11.1 Å². The summed E-state index contributed by atoms with van der Waals surface area (Å²) in [6, 6.07) is 0. The van der Waals surface area contributed by atoms with Gasteiger partial charge in [0.1, 0.15) is 0 Å². The second-order valence-electron chi connectivity index (χ2n) is 3.06. The highest BCUT2D eigenvalue weighted by molar-refractivity contribution is 4.93. The Labute approximate surface area is 78.9 Å².